The fourth-order valence-corrected chi connectivity index (χ4v) is 3.96. The van der Waals surface area contributed by atoms with Crippen molar-refractivity contribution in [2.75, 3.05) is 16.4 Å². The standard InChI is InChI=1S/C20H18ClN3O2S2/c1-13-11-28-20(22-13)24-19(26)12-27-17-4-2-3-16(10-17)23-18(25)9-14-5-7-15(21)8-6-14/h2-8,10-11H,9,12H2,1H3,(H,23,25)(H,22,24,26). The zero-order chi connectivity index (χ0) is 19.9. The molecule has 5 nitrogen and oxygen atoms in total. The Morgan fingerprint density at radius 3 is 2.61 bits per heavy atom. The summed E-state index contributed by atoms with van der Waals surface area (Å²) in [6.07, 6.45) is 0.268. The van der Waals surface area contributed by atoms with Gasteiger partial charge in [0, 0.05) is 21.0 Å². The molecule has 2 N–H and O–H groups in total. The molecule has 0 unspecified atom stereocenters. The predicted octanol–water partition coefficient (Wildman–Crippen LogP) is 5.02. The average Bonchev–Trinajstić information content (AvgIpc) is 3.07. The van der Waals surface area contributed by atoms with Gasteiger partial charge in [0.25, 0.3) is 0 Å². The lowest BCUT2D eigenvalue weighted by Crippen LogP contribution is -2.15. The van der Waals surface area contributed by atoms with Crippen LogP contribution in [0.1, 0.15) is 11.3 Å². The average molecular weight is 432 g/mol. The number of rotatable bonds is 7. The number of anilines is 2. The van der Waals surface area contributed by atoms with Crippen molar-refractivity contribution in [3.63, 3.8) is 0 Å². The summed E-state index contributed by atoms with van der Waals surface area (Å²) in [7, 11) is 0. The molecule has 0 aliphatic heterocycles. The van der Waals surface area contributed by atoms with E-state index in [9.17, 15) is 9.59 Å². The molecule has 0 aliphatic carbocycles. The summed E-state index contributed by atoms with van der Waals surface area (Å²) in [5, 5.41) is 8.79. The Balaban J connectivity index is 1.51. The first kappa shape index (κ1) is 20.4. The number of carbonyl (C=O) groups is 2. The molecule has 1 heterocycles. The SMILES string of the molecule is Cc1csc(NC(=O)CSc2cccc(NC(=O)Cc3ccc(Cl)cc3)c2)n1. The minimum absolute atomic E-state index is 0.110. The van der Waals surface area contributed by atoms with Crippen LogP contribution in [0.15, 0.2) is 58.8 Å². The number of nitrogens with one attached hydrogen (secondary N) is 2. The van der Waals surface area contributed by atoms with E-state index >= 15 is 0 Å². The van der Waals surface area contributed by atoms with Crippen molar-refractivity contribution in [2.45, 2.75) is 18.2 Å². The third-order valence-corrected chi connectivity index (χ3v) is 5.75. The number of amides is 2. The third-order valence-electron chi connectivity index (χ3n) is 3.63. The van der Waals surface area contributed by atoms with Gasteiger partial charge in [-0.25, -0.2) is 4.98 Å². The number of thioether (sulfide) groups is 1. The number of nitrogens with zero attached hydrogens (tertiary/aromatic N) is 1. The van der Waals surface area contributed by atoms with Crippen LogP contribution in [0.2, 0.25) is 5.02 Å². The van der Waals surface area contributed by atoms with Gasteiger partial charge in [-0.2, -0.15) is 0 Å². The van der Waals surface area contributed by atoms with Crippen LogP contribution >= 0.6 is 34.7 Å². The van der Waals surface area contributed by atoms with Crippen LogP contribution in [0.3, 0.4) is 0 Å². The van der Waals surface area contributed by atoms with Crippen molar-refractivity contribution < 1.29 is 9.59 Å². The van der Waals surface area contributed by atoms with Gasteiger partial charge in [-0.15, -0.1) is 23.1 Å². The van der Waals surface area contributed by atoms with Gasteiger partial charge in [0.2, 0.25) is 11.8 Å². The van der Waals surface area contributed by atoms with Gasteiger partial charge in [0.05, 0.1) is 17.9 Å². The first-order valence-corrected chi connectivity index (χ1v) is 10.7. The molecular weight excluding hydrogens is 414 g/mol. The maximum absolute atomic E-state index is 12.2. The van der Waals surface area contributed by atoms with Crippen LogP contribution in [0.4, 0.5) is 10.8 Å². The molecule has 0 fully saturated rings. The molecule has 0 saturated heterocycles. The minimum Gasteiger partial charge on any atom is -0.326 e. The summed E-state index contributed by atoms with van der Waals surface area (Å²) in [5.74, 6) is 0.0405. The van der Waals surface area contributed by atoms with Gasteiger partial charge in [-0.05, 0) is 42.8 Å². The fraction of sp³-hybridized carbons (Fsp3) is 0.150. The molecule has 1 aromatic heterocycles. The molecule has 2 aromatic carbocycles. The van der Waals surface area contributed by atoms with Gasteiger partial charge in [-0.1, -0.05) is 29.8 Å². The first-order valence-electron chi connectivity index (χ1n) is 8.47. The van der Waals surface area contributed by atoms with Crippen LogP contribution in [0.25, 0.3) is 0 Å². The van der Waals surface area contributed by atoms with Gasteiger partial charge in [-0.3, -0.25) is 9.59 Å². The number of hydrogen-bond donors (Lipinski definition) is 2. The third kappa shape index (κ3) is 6.37. The van der Waals surface area contributed by atoms with E-state index in [2.05, 4.69) is 15.6 Å². The van der Waals surface area contributed by atoms with E-state index in [4.69, 9.17) is 11.6 Å². The maximum atomic E-state index is 12.2. The van der Waals surface area contributed by atoms with E-state index in [1.807, 2.05) is 48.7 Å². The lowest BCUT2D eigenvalue weighted by Gasteiger charge is -2.08. The van der Waals surface area contributed by atoms with Crippen molar-refractivity contribution in [2.24, 2.45) is 0 Å². The highest BCUT2D eigenvalue weighted by atomic mass is 35.5. The molecule has 0 radical (unpaired) electrons. The Kier molecular flexibility index (Phi) is 7.08. The highest BCUT2D eigenvalue weighted by Gasteiger charge is 2.08. The highest BCUT2D eigenvalue weighted by Crippen LogP contribution is 2.23. The van der Waals surface area contributed by atoms with Crippen LogP contribution < -0.4 is 10.6 Å². The molecule has 0 atom stereocenters. The quantitative estimate of drug-likeness (QED) is 0.515. The maximum Gasteiger partial charge on any atom is 0.236 e. The van der Waals surface area contributed by atoms with Gasteiger partial charge >= 0.3 is 0 Å². The van der Waals surface area contributed by atoms with Gasteiger partial charge in [0.15, 0.2) is 5.13 Å². The monoisotopic (exact) mass is 431 g/mol. The molecule has 28 heavy (non-hydrogen) atoms. The molecule has 8 heteroatoms. The van der Waals surface area contributed by atoms with E-state index in [-0.39, 0.29) is 24.0 Å². The second kappa shape index (κ2) is 9.73. The number of benzene rings is 2. The van der Waals surface area contributed by atoms with Crippen LogP contribution in [0.5, 0.6) is 0 Å². The number of thiazole rings is 1. The van der Waals surface area contributed by atoms with Crippen molar-refractivity contribution in [3.8, 4) is 0 Å². The van der Waals surface area contributed by atoms with E-state index < -0.39 is 0 Å². The largest absolute Gasteiger partial charge is 0.326 e. The Bertz CT molecular complexity index is 974. The normalized spacial score (nSPS) is 10.5. The molecule has 0 aliphatic rings. The second-order valence-electron chi connectivity index (χ2n) is 6.01. The van der Waals surface area contributed by atoms with E-state index in [0.29, 0.717) is 15.8 Å². The predicted molar refractivity (Wildman–Crippen MR) is 116 cm³/mol. The molecule has 0 spiro atoms. The molecule has 144 valence electrons. The van der Waals surface area contributed by atoms with E-state index in [1.165, 1.54) is 23.1 Å². The number of hydrogen-bond acceptors (Lipinski definition) is 5. The lowest BCUT2D eigenvalue weighted by atomic mass is 10.1. The Morgan fingerprint density at radius 1 is 1.11 bits per heavy atom. The van der Waals surface area contributed by atoms with Gasteiger partial charge in [0.1, 0.15) is 0 Å². The Labute approximate surface area is 176 Å². The summed E-state index contributed by atoms with van der Waals surface area (Å²) in [6.45, 7) is 1.88. The second-order valence-corrected chi connectivity index (χ2v) is 8.35. The number of aryl methyl sites for hydroxylation is 1. The van der Waals surface area contributed by atoms with Crippen LogP contribution in [-0.4, -0.2) is 22.6 Å². The lowest BCUT2D eigenvalue weighted by molar-refractivity contribution is -0.115. The fourth-order valence-electron chi connectivity index (χ4n) is 2.37. The van der Waals surface area contributed by atoms with E-state index in [1.54, 1.807) is 12.1 Å². The molecule has 3 rings (SSSR count). The highest BCUT2D eigenvalue weighted by molar-refractivity contribution is 8.00. The minimum atomic E-state index is -0.114. The topological polar surface area (TPSA) is 71.1 Å². The first-order chi connectivity index (χ1) is 13.5. The summed E-state index contributed by atoms with van der Waals surface area (Å²) in [5.41, 5.74) is 2.47. The Hall–Kier alpha value is -2.35. The molecule has 2 amide bonds. The van der Waals surface area contributed by atoms with Gasteiger partial charge < -0.3 is 10.6 Å². The molecular formula is C20H18ClN3O2S2. The van der Waals surface area contributed by atoms with Crippen molar-refractivity contribution in [1.29, 1.82) is 0 Å². The van der Waals surface area contributed by atoms with Crippen molar-refractivity contribution >= 4 is 57.3 Å². The number of halogens is 1. The summed E-state index contributed by atoms with van der Waals surface area (Å²) >= 11 is 8.66. The summed E-state index contributed by atoms with van der Waals surface area (Å²) in [4.78, 5) is 29.4. The zero-order valence-corrected chi connectivity index (χ0v) is 17.5. The smallest absolute Gasteiger partial charge is 0.236 e. The number of aromatic nitrogens is 1. The zero-order valence-electron chi connectivity index (χ0n) is 15.1. The van der Waals surface area contributed by atoms with Crippen LogP contribution in [-0.2, 0) is 16.0 Å². The van der Waals surface area contributed by atoms with E-state index in [0.717, 1.165) is 16.2 Å². The van der Waals surface area contributed by atoms with Crippen LogP contribution in [0, 0.1) is 6.92 Å². The Morgan fingerprint density at radius 2 is 1.89 bits per heavy atom. The van der Waals surface area contributed by atoms with Crippen molar-refractivity contribution in [3.05, 3.63) is 70.2 Å². The number of carbonyl (C=O) groups excluding carboxylic acids is 2. The van der Waals surface area contributed by atoms with Crippen molar-refractivity contribution in [1.82, 2.24) is 4.98 Å². The summed E-state index contributed by atoms with van der Waals surface area (Å²) in [6, 6.07) is 14.6. The molecule has 3 aromatic rings. The summed E-state index contributed by atoms with van der Waals surface area (Å²) < 4.78 is 0. The molecule has 0 saturated carbocycles. The molecule has 0 bridgehead atoms.